The van der Waals surface area contributed by atoms with Gasteiger partial charge >= 0.3 is 0 Å². The minimum atomic E-state index is 1.05. The third-order valence-corrected chi connectivity index (χ3v) is 3.28. The Hall–Kier alpha value is -0.640. The summed E-state index contributed by atoms with van der Waals surface area (Å²) in [6.45, 7) is 5.60. The normalized spacial score (nSPS) is 18.1. The summed E-state index contributed by atoms with van der Waals surface area (Å²) in [4.78, 5) is 2.46. The maximum absolute atomic E-state index is 3.44. The van der Waals surface area contributed by atoms with Crippen molar-refractivity contribution in [2.75, 3.05) is 32.7 Å². The summed E-state index contributed by atoms with van der Waals surface area (Å²) in [5, 5.41) is 3.36. The molecule has 0 radical (unpaired) electrons. The van der Waals surface area contributed by atoms with Gasteiger partial charge < -0.3 is 5.32 Å². The van der Waals surface area contributed by atoms with E-state index in [2.05, 4.69) is 62.6 Å². The van der Waals surface area contributed by atoms with E-state index >= 15 is 0 Å². The van der Waals surface area contributed by atoms with Gasteiger partial charge in [-0.15, -0.1) is 0 Å². The molecule has 1 N–H and O–H groups in total. The first-order valence-corrected chi connectivity index (χ1v) is 6.49. The maximum atomic E-state index is 3.44. The van der Waals surface area contributed by atoms with Crippen LogP contribution < -0.4 is 5.32 Å². The van der Waals surface area contributed by atoms with E-state index in [4.69, 9.17) is 0 Å². The number of nitrogens with zero attached hydrogens (tertiary/aromatic N) is 1. The summed E-state index contributed by atoms with van der Waals surface area (Å²) in [5.41, 5.74) is 1.26. The summed E-state index contributed by atoms with van der Waals surface area (Å²) in [5.74, 6) is 0. The van der Waals surface area contributed by atoms with E-state index in [-0.39, 0.29) is 0 Å². The zero-order chi connectivity index (χ0) is 11.2. The first-order valence-electron chi connectivity index (χ1n) is 5.70. The minimum Gasteiger partial charge on any atom is -0.314 e. The molecule has 0 unspecified atom stereocenters. The molecule has 0 atom stereocenters. The lowest BCUT2D eigenvalue weighted by atomic mass is 10.2. The van der Waals surface area contributed by atoms with Crippen molar-refractivity contribution in [1.82, 2.24) is 10.2 Å². The first-order chi connectivity index (χ1) is 7.84. The first kappa shape index (κ1) is 11.8. The van der Waals surface area contributed by atoms with Gasteiger partial charge in [0.05, 0.1) is 0 Å². The average Bonchev–Trinajstić information content (AvgIpc) is 2.33. The van der Waals surface area contributed by atoms with Gasteiger partial charge in [-0.2, -0.15) is 0 Å². The Kier molecular flexibility index (Phi) is 4.57. The Balaban J connectivity index is 1.82. The molecule has 1 fully saturated rings. The van der Waals surface area contributed by atoms with Gasteiger partial charge in [0.2, 0.25) is 0 Å². The highest BCUT2D eigenvalue weighted by molar-refractivity contribution is 9.10. The number of hydrogen-bond acceptors (Lipinski definition) is 2. The molecule has 0 saturated carbocycles. The van der Waals surface area contributed by atoms with Crippen molar-refractivity contribution >= 4 is 22.0 Å². The van der Waals surface area contributed by atoms with Crippen LogP contribution >= 0.6 is 15.9 Å². The molecule has 1 aliphatic rings. The fourth-order valence-corrected chi connectivity index (χ4v) is 2.07. The van der Waals surface area contributed by atoms with E-state index in [9.17, 15) is 0 Å². The van der Waals surface area contributed by atoms with Crippen LogP contribution in [0.5, 0.6) is 0 Å². The fourth-order valence-electron chi connectivity index (χ4n) is 1.81. The molecule has 2 nitrogen and oxygen atoms in total. The average molecular weight is 281 g/mol. The lowest BCUT2D eigenvalue weighted by molar-refractivity contribution is 0.265. The van der Waals surface area contributed by atoms with Crippen LogP contribution in [0.1, 0.15) is 5.56 Å². The standard InChI is InChI=1S/C13H17BrN2/c14-13-5-3-12(4-6-13)2-1-9-16-10-7-15-8-11-16/h1-6,15H,7-11H2/b2-1+. The Labute approximate surface area is 105 Å². The van der Waals surface area contributed by atoms with Crippen molar-refractivity contribution in [3.63, 3.8) is 0 Å². The van der Waals surface area contributed by atoms with Crippen molar-refractivity contribution in [3.8, 4) is 0 Å². The van der Waals surface area contributed by atoms with Crippen molar-refractivity contribution in [3.05, 3.63) is 40.4 Å². The zero-order valence-electron chi connectivity index (χ0n) is 9.32. The van der Waals surface area contributed by atoms with E-state index < -0.39 is 0 Å². The molecule has 0 bridgehead atoms. The van der Waals surface area contributed by atoms with E-state index in [1.165, 1.54) is 5.56 Å². The summed E-state index contributed by atoms with van der Waals surface area (Å²) >= 11 is 3.44. The molecule has 2 rings (SSSR count). The molecule has 0 amide bonds. The SMILES string of the molecule is Brc1ccc(/C=C/CN2CCNCC2)cc1. The quantitative estimate of drug-likeness (QED) is 0.915. The van der Waals surface area contributed by atoms with Crippen LogP contribution in [0, 0.1) is 0 Å². The van der Waals surface area contributed by atoms with Crippen LogP contribution in [0.4, 0.5) is 0 Å². The minimum absolute atomic E-state index is 1.05. The summed E-state index contributed by atoms with van der Waals surface area (Å²) in [6.07, 6.45) is 4.43. The number of nitrogens with one attached hydrogen (secondary N) is 1. The monoisotopic (exact) mass is 280 g/mol. The van der Waals surface area contributed by atoms with Crippen molar-refractivity contribution < 1.29 is 0 Å². The lowest BCUT2D eigenvalue weighted by Crippen LogP contribution is -2.43. The number of rotatable bonds is 3. The molecule has 86 valence electrons. The van der Waals surface area contributed by atoms with E-state index in [1.54, 1.807) is 0 Å². The molecule has 0 aromatic heterocycles. The van der Waals surface area contributed by atoms with Crippen LogP contribution in [0.15, 0.2) is 34.8 Å². The van der Waals surface area contributed by atoms with Gasteiger partial charge in [0, 0.05) is 37.2 Å². The Bertz CT molecular complexity index is 339. The predicted molar refractivity (Wildman–Crippen MR) is 72.5 cm³/mol. The predicted octanol–water partition coefficient (Wildman–Crippen LogP) is 2.37. The number of halogens is 1. The molecule has 1 aromatic rings. The highest BCUT2D eigenvalue weighted by atomic mass is 79.9. The topological polar surface area (TPSA) is 15.3 Å². The number of benzene rings is 1. The van der Waals surface area contributed by atoms with Gasteiger partial charge in [0.25, 0.3) is 0 Å². The molecule has 0 aliphatic carbocycles. The van der Waals surface area contributed by atoms with Crippen molar-refractivity contribution in [2.24, 2.45) is 0 Å². The second-order valence-corrected chi connectivity index (χ2v) is 4.92. The van der Waals surface area contributed by atoms with E-state index in [0.717, 1.165) is 37.2 Å². The Morgan fingerprint density at radius 1 is 1.19 bits per heavy atom. The second-order valence-electron chi connectivity index (χ2n) is 4.00. The van der Waals surface area contributed by atoms with E-state index in [1.807, 2.05) is 0 Å². The van der Waals surface area contributed by atoms with Crippen LogP contribution in [0.25, 0.3) is 6.08 Å². The van der Waals surface area contributed by atoms with Gasteiger partial charge in [-0.25, -0.2) is 0 Å². The lowest BCUT2D eigenvalue weighted by Gasteiger charge is -2.25. The molecular formula is C13H17BrN2. The number of hydrogen-bond donors (Lipinski definition) is 1. The smallest absolute Gasteiger partial charge is 0.0175 e. The van der Waals surface area contributed by atoms with Gasteiger partial charge in [0.1, 0.15) is 0 Å². The van der Waals surface area contributed by atoms with Gasteiger partial charge in [-0.05, 0) is 17.7 Å². The Morgan fingerprint density at radius 3 is 2.56 bits per heavy atom. The highest BCUT2D eigenvalue weighted by Gasteiger charge is 2.06. The molecule has 1 saturated heterocycles. The maximum Gasteiger partial charge on any atom is 0.0175 e. The summed E-state index contributed by atoms with van der Waals surface area (Å²) in [7, 11) is 0. The molecular weight excluding hydrogens is 264 g/mol. The van der Waals surface area contributed by atoms with Crippen LogP contribution in [-0.4, -0.2) is 37.6 Å². The highest BCUT2D eigenvalue weighted by Crippen LogP contribution is 2.11. The van der Waals surface area contributed by atoms with Gasteiger partial charge in [0.15, 0.2) is 0 Å². The molecule has 1 aliphatic heterocycles. The molecule has 16 heavy (non-hydrogen) atoms. The molecule has 0 spiro atoms. The van der Waals surface area contributed by atoms with Gasteiger partial charge in [-0.3, -0.25) is 4.90 Å². The number of piperazine rings is 1. The largest absolute Gasteiger partial charge is 0.314 e. The fraction of sp³-hybridized carbons (Fsp3) is 0.385. The molecule has 1 heterocycles. The molecule has 3 heteroatoms. The van der Waals surface area contributed by atoms with Crippen molar-refractivity contribution in [2.45, 2.75) is 0 Å². The molecule has 1 aromatic carbocycles. The van der Waals surface area contributed by atoms with Crippen LogP contribution in [0.2, 0.25) is 0 Å². The summed E-state index contributed by atoms with van der Waals surface area (Å²) < 4.78 is 1.13. The van der Waals surface area contributed by atoms with Gasteiger partial charge in [-0.1, -0.05) is 40.2 Å². The van der Waals surface area contributed by atoms with E-state index in [0.29, 0.717) is 0 Å². The van der Waals surface area contributed by atoms with Crippen LogP contribution in [0.3, 0.4) is 0 Å². The van der Waals surface area contributed by atoms with Crippen LogP contribution in [-0.2, 0) is 0 Å². The zero-order valence-corrected chi connectivity index (χ0v) is 10.9. The van der Waals surface area contributed by atoms with Crippen molar-refractivity contribution in [1.29, 1.82) is 0 Å². The summed E-state index contributed by atoms with van der Waals surface area (Å²) in [6, 6.07) is 8.39. The third kappa shape index (κ3) is 3.74. The second kappa shape index (κ2) is 6.18. The Morgan fingerprint density at radius 2 is 1.88 bits per heavy atom. The third-order valence-electron chi connectivity index (χ3n) is 2.75.